The molecule has 0 nitrogen and oxygen atoms in total. The molecule has 1 radical (unpaired) electrons. The first kappa shape index (κ1) is 25.6. The van der Waals surface area contributed by atoms with Gasteiger partial charge in [0.2, 0.25) is 0 Å². The Morgan fingerprint density at radius 1 is 0.438 bits per heavy atom. The van der Waals surface area contributed by atoms with Crippen molar-refractivity contribution < 1.29 is 22.4 Å². The van der Waals surface area contributed by atoms with Gasteiger partial charge in [0, 0.05) is 22.4 Å². The summed E-state index contributed by atoms with van der Waals surface area (Å²) in [5.74, 6) is 0. The van der Waals surface area contributed by atoms with E-state index in [2.05, 4.69) is 83.1 Å². The van der Waals surface area contributed by atoms with Gasteiger partial charge in [-0.2, -0.15) is 16.2 Å². The summed E-state index contributed by atoms with van der Waals surface area (Å²) in [7, 11) is 0. The van der Waals surface area contributed by atoms with Crippen LogP contribution in [-0.2, 0) is 22.4 Å². The molecule has 0 atom stereocenters. The number of hydrogen-bond acceptors (Lipinski definition) is 0. The Hall–Kier alpha value is 0.740. The second-order valence-electron chi connectivity index (χ2n) is 7.68. The second-order valence-corrected chi connectivity index (χ2v) is 7.68. The van der Waals surface area contributed by atoms with Crippen molar-refractivity contribution in [1.82, 2.24) is 0 Å². The first-order valence-electron chi connectivity index (χ1n) is 5.56. The van der Waals surface area contributed by atoms with E-state index in [1.807, 2.05) is 0 Å². The molecule has 0 aromatic rings. The van der Waals surface area contributed by atoms with Crippen LogP contribution in [0.3, 0.4) is 0 Å². The fraction of sp³-hybridized carbons (Fsp3) is 0.800. The third-order valence-electron chi connectivity index (χ3n) is 0. The van der Waals surface area contributed by atoms with E-state index in [0.29, 0.717) is 0 Å². The molecule has 1 heteroatoms. The molecule has 0 N–H and O–H groups in total. The topological polar surface area (TPSA) is 0 Å². The number of hydrogen-bond donors (Lipinski definition) is 0. The van der Waals surface area contributed by atoms with Crippen LogP contribution in [0.1, 0.15) is 62.3 Å². The van der Waals surface area contributed by atoms with Crippen molar-refractivity contribution >= 4 is 0 Å². The van der Waals surface area contributed by atoms with E-state index in [0.717, 1.165) is 0 Å². The molecule has 0 saturated heterocycles. The van der Waals surface area contributed by atoms with Crippen LogP contribution in [0.25, 0.3) is 0 Å². The predicted octanol–water partition coefficient (Wildman–Crippen LogP) is 5.60. The van der Waals surface area contributed by atoms with E-state index in [9.17, 15) is 0 Å². The van der Waals surface area contributed by atoms with Crippen LogP contribution in [0, 0.1) is 37.0 Å². The first-order chi connectivity index (χ1) is 6.00. The van der Waals surface area contributed by atoms with Gasteiger partial charge >= 0.3 is 0 Å². The minimum atomic E-state index is 0. The summed E-state index contributed by atoms with van der Waals surface area (Å²) in [6, 6.07) is 0. The summed E-state index contributed by atoms with van der Waals surface area (Å²) < 4.78 is 0. The molecule has 0 aliphatic rings. The average Bonchev–Trinajstić information content (AvgIpc) is 1.41. The predicted molar refractivity (Wildman–Crippen MR) is 74.4 cm³/mol. The summed E-state index contributed by atoms with van der Waals surface area (Å²) in [6.45, 7) is 30.0. The quantitative estimate of drug-likeness (QED) is 0.470. The van der Waals surface area contributed by atoms with Gasteiger partial charge in [-0.05, 0) is 0 Å². The Labute approximate surface area is 121 Å². The van der Waals surface area contributed by atoms with E-state index in [1.165, 1.54) is 0 Å². The molecule has 0 fully saturated rings. The van der Waals surface area contributed by atoms with E-state index in [1.54, 1.807) is 0 Å². The van der Waals surface area contributed by atoms with Crippen LogP contribution in [0.4, 0.5) is 0 Å². The molecule has 0 aliphatic heterocycles. The Morgan fingerprint density at radius 3 is 0.438 bits per heavy atom. The van der Waals surface area contributed by atoms with Gasteiger partial charge in [-0.25, -0.2) is 0 Å². The first-order valence-corrected chi connectivity index (χ1v) is 5.56. The Balaban J connectivity index is -0.0000000655. The Morgan fingerprint density at radius 2 is 0.438 bits per heavy atom. The molecule has 101 valence electrons. The zero-order valence-corrected chi connectivity index (χ0v) is 16.3. The molecule has 16 heavy (non-hydrogen) atoms. The van der Waals surface area contributed by atoms with Crippen molar-refractivity contribution in [3.8, 4) is 0 Å². The summed E-state index contributed by atoms with van der Waals surface area (Å²) in [4.78, 5) is 0. The summed E-state index contributed by atoms with van der Waals surface area (Å²) >= 11 is 0. The molecule has 0 amide bonds. The van der Waals surface area contributed by atoms with Gasteiger partial charge in [0.15, 0.2) is 0 Å². The minimum Gasteiger partial charge on any atom is -0.338 e. The van der Waals surface area contributed by atoms with Gasteiger partial charge in [0.25, 0.3) is 0 Å². The number of rotatable bonds is 0. The smallest absolute Gasteiger partial charge is 0 e. The molecule has 0 saturated carbocycles. The summed E-state index contributed by atoms with van der Waals surface area (Å²) in [5.41, 5.74) is 0.750. The maximum Gasteiger partial charge on any atom is 0 e. The molecule has 0 rings (SSSR count). The fourth-order valence-corrected chi connectivity index (χ4v) is 0. The molecule has 0 aliphatic carbocycles. The van der Waals surface area contributed by atoms with E-state index >= 15 is 0 Å². The standard InChI is InChI=1S/3C5H11.Ta/c3*1-5(2,3)4;/h3*1H2,2-4H3;/q3*-1;. The van der Waals surface area contributed by atoms with Crippen molar-refractivity contribution in [3.63, 3.8) is 0 Å². The van der Waals surface area contributed by atoms with Crippen molar-refractivity contribution in [1.29, 1.82) is 0 Å². The van der Waals surface area contributed by atoms with Crippen LogP contribution in [-0.4, -0.2) is 0 Å². The van der Waals surface area contributed by atoms with Gasteiger partial charge in [-0.15, -0.1) is 0 Å². The SMILES string of the molecule is [CH2-]C(C)(C)C.[CH2-]C(C)(C)C.[CH2-]C(C)(C)C.[Ta]. The zero-order chi connectivity index (χ0) is 13.5. The van der Waals surface area contributed by atoms with Crippen LogP contribution in [0.2, 0.25) is 0 Å². The Bertz CT molecular complexity index is 80.5. The maximum atomic E-state index is 3.77. The molecular formula is C15H33Ta-3. The van der Waals surface area contributed by atoms with E-state index in [-0.39, 0.29) is 38.6 Å². The van der Waals surface area contributed by atoms with Gasteiger partial charge in [0.05, 0.1) is 0 Å². The van der Waals surface area contributed by atoms with Gasteiger partial charge in [0.1, 0.15) is 0 Å². The maximum absolute atomic E-state index is 3.77. The van der Waals surface area contributed by atoms with Crippen LogP contribution >= 0.6 is 0 Å². The molecule has 0 spiro atoms. The van der Waals surface area contributed by atoms with Crippen molar-refractivity contribution in [3.05, 3.63) is 20.8 Å². The van der Waals surface area contributed by atoms with Gasteiger partial charge in [-0.3, -0.25) is 0 Å². The van der Waals surface area contributed by atoms with E-state index in [4.69, 9.17) is 0 Å². The normalized spacial score (nSPS) is 11.2. The molecule has 0 aromatic heterocycles. The van der Waals surface area contributed by atoms with E-state index < -0.39 is 0 Å². The molecule has 0 unspecified atom stereocenters. The van der Waals surface area contributed by atoms with Crippen molar-refractivity contribution in [2.75, 3.05) is 0 Å². The molecule has 0 bridgehead atoms. The van der Waals surface area contributed by atoms with Crippen LogP contribution < -0.4 is 0 Å². The molecular weight excluding hydrogens is 361 g/mol. The third kappa shape index (κ3) is 5080. The van der Waals surface area contributed by atoms with Crippen molar-refractivity contribution in [2.24, 2.45) is 16.2 Å². The Kier molecular flexibility index (Phi) is 15.6. The molecule has 0 aromatic carbocycles. The summed E-state index contributed by atoms with van der Waals surface area (Å²) in [6.07, 6.45) is 0. The average molecular weight is 394 g/mol. The van der Waals surface area contributed by atoms with Crippen LogP contribution in [0.5, 0.6) is 0 Å². The molecule has 0 heterocycles. The van der Waals surface area contributed by atoms with Crippen LogP contribution in [0.15, 0.2) is 0 Å². The zero-order valence-electron chi connectivity index (χ0n) is 13.1. The van der Waals surface area contributed by atoms with Gasteiger partial charge in [-0.1, -0.05) is 62.3 Å². The van der Waals surface area contributed by atoms with Gasteiger partial charge < -0.3 is 20.8 Å². The largest absolute Gasteiger partial charge is 0.338 e. The monoisotopic (exact) mass is 394 g/mol. The van der Waals surface area contributed by atoms with Crippen molar-refractivity contribution in [2.45, 2.75) is 62.3 Å². The fourth-order valence-electron chi connectivity index (χ4n) is 0. The second kappa shape index (κ2) is 9.74. The third-order valence-corrected chi connectivity index (χ3v) is 0. The summed E-state index contributed by atoms with van der Waals surface area (Å²) in [5, 5.41) is 0. The minimum absolute atomic E-state index is 0.